The summed E-state index contributed by atoms with van der Waals surface area (Å²) < 4.78 is 6.30. The van der Waals surface area contributed by atoms with Crippen molar-refractivity contribution in [2.24, 2.45) is 0 Å². The number of hydrogen-bond donors (Lipinski definition) is 0. The largest absolute Gasteiger partial charge is 0.425 e. The number of benzene rings is 2. The van der Waals surface area contributed by atoms with Gasteiger partial charge in [-0.15, -0.1) is 0 Å². The molecule has 1 aliphatic heterocycles. The molecule has 0 radical (unpaired) electrons. The highest BCUT2D eigenvalue weighted by atomic mass is 79.9. The molecule has 102 valence electrons. The molecule has 0 amide bonds. The molecule has 0 saturated carbocycles. The van der Waals surface area contributed by atoms with E-state index in [2.05, 4.69) is 41.9 Å². The van der Waals surface area contributed by atoms with Gasteiger partial charge in [0.15, 0.2) is 0 Å². The van der Waals surface area contributed by atoms with Crippen molar-refractivity contribution in [2.45, 2.75) is 25.7 Å². The molecule has 3 rings (SSSR count). The highest BCUT2D eigenvalue weighted by molar-refractivity contribution is 9.10. The van der Waals surface area contributed by atoms with Crippen LogP contribution in [-0.2, 0) is 4.79 Å². The summed E-state index contributed by atoms with van der Waals surface area (Å²) in [7, 11) is 0. The number of fused-ring (bicyclic) bond motifs is 1. The fraction of sp³-hybridized carbons (Fsp3) is 0.235. The van der Waals surface area contributed by atoms with E-state index in [4.69, 9.17) is 4.74 Å². The van der Waals surface area contributed by atoms with Gasteiger partial charge in [-0.2, -0.15) is 0 Å². The normalized spacial score (nSPS) is 17.2. The third-order valence-corrected chi connectivity index (χ3v) is 4.16. The molecule has 0 saturated heterocycles. The molecule has 1 atom stereocenters. The Labute approximate surface area is 126 Å². The summed E-state index contributed by atoms with van der Waals surface area (Å²) in [4.78, 5) is 12.1. The van der Waals surface area contributed by atoms with Crippen LogP contribution < -0.4 is 4.74 Å². The minimum atomic E-state index is -0.316. The van der Waals surface area contributed by atoms with Crippen molar-refractivity contribution in [3.63, 3.8) is 0 Å². The SMILES string of the molecule is CC(C)c1ccc(C2C(=O)Oc3ccc(Br)cc32)cc1. The Morgan fingerprint density at radius 1 is 1.10 bits per heavy atom. The predicted molar refractivity (Wildman–Crippen MR) is 82.2 cm³/mol. The third kappa shape index (κ3) is 2.27. The van der Waals surface area contributed by atoms with Crippen LogP contribution in [0.5, 0.6) is 5.75 Å². The van der Waals surface area contributed by atoms with Crippen LogP contribution in [0.3, 0.4) is 0 Å². The van der Waals surface area contributed by atoms with E-state index in [0.717, 1.165) is 15.6 Å². The minimum absolute atomic E-state index is 0.199. The van der Waals surface area contributed by atoms with Crippen molar-refractivity contribution >= 4 is 21.9 Å². The second kappa shape index (κ2) is 5.06. The van der Waals surface area contributed by atoms with E-state index in [1.165, 1.54) is 5.56 Å². The molecule has 20 heavy (non-hydrogen) atoms. The van der Waals surface area contributed by atoms with Gasteiger partial charge in [0.25, 0.3) is 0 Å². The van der Waals surface area contributed by atoms with Crippen LogP contribution in [0.2, 0.25) is 0 Å². The fourth-order valence-electron chi connectivity index (χ4n) is 2.52. The monoisotopic (exact) mass is 330 g/mol. The Morgan fingerprint density at radius 3 is 2.45 bits per heavy atom. The molecule has 1 aliphatic rings. The first-order chi connectivity index (χ1) is 9.56. The summed E-state index contributed by atoms with van der Waals surface area (Å²) in [6.07, 6.45) is 0. The second-order valence-corrected chi connectivity index (χ2v) is 6.27. The quantitative estimate of drug-likeness (QED) is 0.593. The maximum absolute atomic E-state index is 12.1. The van der Waals surface area contributed by atoms with Gasteiger partial charge in [-0.05, 0) is 35.2 Å². The number of hydrogen-bond acceptors (Lipinski definition) is 2. The zero-order chi connectivity index (χ0) is 14.3. The first-order valence-corrected chi connectivity index (χ1v) is 7.46. The van der Waals surface area contributed by atoms with Gasteiger partial charge >= 0.3 is 5.97 Å². The zero-order valence-electron chi connectivity index (χ0n) is 11.4. The zero-order valence-corrected chi connectivity index (χ0v) is 13.0. The van der Waals surface area contributed by atoms with Crippen molar-refractivity contribution in [3.05, 3.63) is 63.6 Å². The molecule has 3 heteroatoms. The van der Waals surface area contributed by atoms with Crippen LogP contribution in [0.15, 0.2) is 46.9 Å². The van der Waals surface area contributed by atoms with Crippen LogP contribution in [0, 0.1) is 0 Å². The Morgan fingerprint density at radius 2 is 1.80 bits per heavy atom. The molecule has 0 aromatic heterocycles. The summed E-state index contributed by atoms with van der Waals surface area (Å²) in [6, 6.07) is 13.9. The van der Waals surface area contributed by atoms with Crippen LogP contribution >= 0.6 is 15.9 Å². The van der Waals surface area contributed by atoms with Crippen molar-refractivity contribution < 1.29 is 9.53 Å². The van der Waals surface area contributed by atoms with Gasteiger partial charge in [0.1, 0.15) is 11.7 Å². The van der Waals surface area contributed by atoms with Crippen molar-refractivity contribution in [3.8, 4) is 5.75 Å². The maximum atomic E-state index is 12.1. The smallest absolute Gasteiger partial charge is 0.323 e. The third-order valence-electron chi connectivity index (χ3n) is 3.67. The number of ether oxygens (including phenoxy) is 1. The Bertz CT molecular complexity index is 659. The molecule has 2 aromatic rings. The van der Waals surface area contributed by atoms with E-state index in [0.29, 0.717) is 11.7 Å². The number of esters is 1. The standard InChI is InChI=1S/C17H15BrO2/c1-10(2)11-3-5-12(6-4-11)16-14-9-13(18)7-8-15(14)20-17(16)19/h3-10,16H,1-2H3. The van der Waals surface area contributed by atoms with E-state index in [1.807, 2.05) is 30.3 Å². The molecular weight excluding hydrogens is 316 g/mol. The lowest BCUT2D eigenvalue weighted by molar-refractivity contribution is -0.133. The summed E-state index contributed by atoms with van der Waals surface area (Å²) >= 11 is 3.45. The van der Waals surface area contributed by atoms with Gasteiger partial charge in [-0.1, -0.05) is 54.0 Å². The summed E-state index contributed by atoms with van der Waals surface area (Å²) in [5, 5.41) is 0. The summed E-state index contributed by atoms with van der Waals surface area (Å²) in [5.74, 6) is 0.635. The fourth-order valence-corrected chi connectivity index (χ4v) is 2.90. The van der Waals surface area contributed by atoms with Crippen LogP contribution in [0.4, 0.5) is 0 Å². The van der Waals surface area contributed by atoms with Crippen LogP contribution in [0.1, 0.15) is 42.4 Å². The number of carbonyl (C=O) groups excluding carboxylic acids is 1. The number of carbonyl (C=O) groups is 1. The van der Waals surface area contributed by atoms with Crippen molar-refractivity contribution in [2.75, 3.05) is 0 Å². The van der Waals surface area contributed by atoms with Crippen molar-refractivity contribution in [1.29, 1.82) is 0 Å². The lowest BCUT2D eigenvalue weighted by atomic mass is 9.91. The van der Waals surface area contributed by atoms with Gasteiger partial charge in [-0.3, -0.25) is 4.79 Å². The van der Waals surface area contributed by atoms with Gasteiger partial charge in [0.2, 0.25) is 0 Å². The van der Waals surface area contributed by atoms with Crippen LogP contribution in [-0.4, -0.2) is 5.97 Å². The minimum Gasteiger partial charge on any atom is -0.425 e. The molecule has 1 unspecified atom stereocenters. The highest BCUT2D eigenvalue weighted by Gasteiger charge is 2.34. The van der Waals surface area contributed by atoms with E-state index in [1.54, 1.807) is 0 Å². The van der Waals surface area contributed by atoms with Gasteiger partial charge < -0.3 is 4.74 Å². The molecule has 1 heterocycles. The molecular formula is C17H15BrO2. The first kappa shape index (κ1) is 13.4. The van der Waals surface area contributed by atoms with E-state index in [-0.39, 0.29) is 11.9 Å². The van der Waals surface area contributed by atoms with E-state index < -0.39 is 0 Å². The lowest BCUT2D eigenvalue weighted by Crippen LogP contribution is -2.11. The van der Waals surface area contributed by atoms with Crippen LogP contribution in [0.25, 0.3) is 0 Å². The number of rotatable bonds is 2. The van der Waals surface area contributed by atoms with Gasteiger partial charge in [0.05, 0.1) is 0 Å². The molecule has 2 aromatic carbocycles. The van der Waals surface area contributed by atoms with Gasteiger partial charge in [0, 0.05) is 10.0 Å². The maximum Gasteiger partial charge on any atom is 0.323 e. The highest BCUT2D eigenvalue weighted by Crippen LogP contribution is 2.40. The molecule has 0 N–H and O–H groups in total. The molecule has 0 spiro atoms. The second-order valence-electron chi connectivity index (χ2n) is 5.36. The summed E-state index contributed by atoms with van der Waals surface area (Å²) in [6.45, 7) is 4.32. The molecule has 2 nitrogen and oxygen atoms in total. The average molecular weight is 331 g/mol. The Hall–Kier alpha value is -1.61. The molecule has 0 bridgehead atoms. The van der Waals surface area contributed by atoms with Crippen molar-refractivity contribution in [1.82, 2.24) is 0 Å². The molecule has 0 fully saturated rings. The summed E-state index contributed by atoms with van der Waals surface area (Å²) in [5.41, 5.74) is 3.19. The van der Waals surface area contributed by atoms with E-state index >= 15 is 0 Å². The molecule has 0 aliphatic carbocycles. The predicted octanol–water partition coefficient (Wildman–Crippen LogP) is 4.62. The van der Waals surface area contributed by atoms with E-state index in [9.17, 15) is 4.79 Å². The topological polar surface area (TPSA) is 26.3 Å². The average Bonchev–Trinajstić information content (AvgIpc) is 2.74. The Kier molecular flexibility index (Phi) is 3.38. The number of halogens is 1. The Balaban J connectivity index is 2.02. The lowest BCUT2D eigenvalue weighted by Gasteiger charge is -2.10. The van der Waals surface area contributed by atoms with Gasteiger partial charge in [-0.25, -0.2) is 0 Å². The first-order valence-electron chi connectivity index (χ1n) is 6.67.